The molecule has 0 aromatic heterocycles. The Morgan fingerprint density at radius 2 is 0.950 bits per heavy atom. The molecule has 0 N–H and O–H groups in total. The van der Waals surface area contributed by atoms with Crippen LogP contribution in [0.3, 0.4) is 0 Å². The van der Waals surface area contributed by atoms with Crippen molar-refractivity contribution in [1.82, 2.24) is 0 Å². The third-order valence-corrected chi connectivity index (χ3v) is 9.48. The maximum Gasteiger partial charge on any atom is 0.157 e. The summed E-state index contributed by atoms with van der Waals surface area (Å²) in [6.07, 6.45) is 14.5. The zero-order chi connectivity index (χ0) is 27.4. The van der Waals surface area contributed by atoms with Crippen LogP contribution >= 0.6 is 25.6 Å². The number of hydrogen-bond donors (Lipinski definition) is 0. The lowest BCUT2D eigenvalue weighted by atomic mass is 9.84. The predicted molar refractivity (Wildman–Crippen MR) is 181 cm³/mol. The highest BCUT2D eigenvalue weighted by atomic mass is 79.9. The number of halogens is 1. The molecule has 0 heterocycles. The molecule has 3 rings (SSSR count). The van der Waals surface area contributed by atoms with Crippen LogP contribution in [0, 0.1) is 0 Å². The summed E-state index contributed by atoms with van der Waals surface area (Å²) in [5.41, 5.74) is 4.20. The molecule has 0 saturated heterocycles. The van der Waals surface area contributed by atoms with E-state index in [-0.39, 0.29) is 28.4 Å². The van der Waals surface area contributed by atoms with E-state index < -0.39 is 0 Å². The van der Waals surface area contributed by atoms with Crippen LogP contribution in [0.4, 0.5) is 0 Å². The summed E-state index contributed by atoms with van der Waals surface area (Å²) in [6, 6.07) is 33.4. The molecule has 40 heavy (non-hydrogen) atoms. The van der Waals surface area contributed by atoms with Crippen molar-refractivity contribution in [3.8, 4) is 0 Å². The monoisotopic (exact) mass is 626 g/mol. The molecular formula is C36H52BrO2P. The first-order valence-electron chi connectivity index (χ1n) is 15.5. The summed E-state index contributed by atoms with van der Waals surface area (Å²) >= 11 is 0. The lowest BCUT2D eigenvalue weighted by Crippen LogP contribution is -2.24. The molecule has 0 radical (unpaired) electrons. The average Bonchev–Trinajstić information content (AvgIpc) is 2.99. The molecule has 0 aliphatic carbocycles. The van der Waals surface area contributed by atoms with E-state index in [0.717, 1.165) is 41.1 Å². The normalized spacial score (nSPS) is 11.8. The van der Waals surface area contributed by atoms with E-state index in [1.54, 1.807) is 0 Å². The molecule has 3 aromatic rings. The minimum atomic E-state index is -0.0889. The van der Waals surface area contributed by atoms with Crippen molar-refractivity contribution in [2.75, 3.05) is 19.4 Å². The Hall–Kier alpha value is -1.51. The van der Waals surface area contributed by atoms with Gasteiger partial charge in [-0.1, -0.05) is 143 Å². The summed E-state index contributed by atoms with van der Waals surface area (Å²) < 4.78 is 12.0. The lowest BCUT2D eigenvalue weighted by molar-refractivity contribution is -0.147. The van der Waals surface area contributed by atoms with Gasteiger partial charge in [0.1, 0.15) is 0 Å². The quantitative estimate of drug-likeness (QED) is 0.0506. The number of hydrogen-bond acceptors (Lipinski definition) is 2. The Morgan fingerprint density at radius 3 is 1.38 bits per heavy atom. The van der Waals surface area contributed by atoms with Gasteiger partial charge in [-0.05, 0) is 55.0 Å². The minimum absolute atomic E-state index is 0. The van der Waals surface area contributed by atoms with Crippen LogP contribution in [0.25, 0.3) is 0 Å². The Balaban J connectivity index is 0.00000560. The molecule has 1 atom stereocenters. The fraction of sp³-hybridized carbons (Fsp3) is 0.500. The van der Waals surface area contributed by atoms with Crippen LogP contribution < -0.4 is 0 Å². The average molecular weight is 628 g/mol. The summed E-state index contributed by atoms with van der Waals surface area (Å²) in [4.78, 5) is 0. The van der Waals surface area contributed by atoms with Crippen molar-refractivity contribution in [2.24, 2.45) is 0 Å². The smallest absolute Gasteiger partial charge is 0.157 e. The first-order chi connectivity index (χ1) is 19.3. The highest BCUT2D eigenvalue weighted by Crippen LogP contribution is 2.52. The first-order valence-corrected chi connectivity index (χ1v) is 16.7. The largest absolute Gasteiger partial charge is 0.353 e. The van der Waals surface area contributed by atoms with Crippen molar-refractivity contribution < 1.29 is 9.47 Å². The van der Waals surface area contributed by atoms with Gasteiger partial charge in [0.15, 0.2) is 6.29 Å². The van der Waals surface area contributed by atoms with E-state index in [2.05, 4.69) is 105 Å². The molecule has 220 valence electrons. The van der Waals surface area contributed by atoms with Crippen molar-refractivity contribution in [3.05, 3.63) is 108 Å². The topological polar surface area (TPSA) is 18.5 Å². The second-order valence-electron chi connectivity index (χ2n) is 10.6. The van der Waals surface area contributed by atoms with Crippen LogP contribution in [0.15, 0.2) is 91.0 Å². The van der Waals surface area contributed by atoms with Crippen molar-refractivity contribution >= 4 is 25.6 Å². The van der Waals surface area contributed by atoms with Gasteiger partial charge in [-0.2, -0.15) is 0 Å². The summed E-state index contributed by atoms with van der Waals surface area (Å²) in [6.45, 7) is 6.07. The molecule has 0 aliphatic heterocycles. The van der Waals surface area contributed by atoms with Gasteiger partial charge in [-0.25, -0.2) is 0 Å². The molecule has 0 spiro atoms. The maximum absolute atomic E-state index is 6.01. The number of benzene rings is 3. The fourth-order valence-corrected chi connectivity index (χ4v) is 7.14. The highest BCUT2D eigenvalue weighted by molar-refractivity contribution is 8.93. The van der Waals surface area contributed by atoms with Gasteiger partial charge >= 0.3 is 0 Å². The Bertz CT molecular complexity index is 877. The third kappa shape index (κ3) is 11.4. The van der Waals surface area contributed by atoms with Gasteiger partial charge in [0.05, 0.1) is 5.16 Å². The predicted octanol–water partition coefficient (Wildman–Crippen LogP) is 10.9. The molecule has 0 saturated carbocycles. The second-order valence-corrected chi connectivity index (χ2v) is 12.2. The van der Waals surface area contributed by atoms with Gasteiger partial charge < -0.3 is 9.47 Å². The zero-order valence-electron chi connectivity index (χ0n) is 24.9. The molecule has 0 bridgehead atoms. The summed E-state index contributed by atoms with van der Waals surface area (Å²) in [5.74, 6) is 0. The van der Waals surface area contributed by atoms with Gasteiger partial charge in [0.2, 0.25) is 0 Å². The van der Waals surface area contributed by atoms with Crippen molar-refractivity contribution in [1.29, 1.82) is 0 Å². The van der Waals surface area contributed by atoms with Crippen molar-refractivity contribution in [3.63, 3.8) is 0 Å². The van der Waals surface area contributed by atoms with Crippen LogP contribution in [-0.4, -0.2) is 25.7 Å². The number of unbranched alkanes of at least 4 members (excludes halogenated alkanes) is 7. The molecular weight excluding hydrogens is 575 g/mol. The molecule has 0 fully saturated rings. The van der Waals surface area contributed by atoms with Crippen LogP contribution in [-0.2, 0) is 14.6 Å². The Morgan fingerprint density at radius 1 is 0.550 bits per heavy atom. The van der Waals surface area contributed by atoms with Crippen LogP contribution in [0.2, 0.25) is 0 Å². The lowest BCUT2D eigenvalue weighted by Gasteiger charge is -2.36. The van der Waals surface area contributed by atoms with E-state index in [0.29, 0.717) is 0 Å². The number of ether oxygens (including phenoxy) is 2. The van der Waals surface area contributed by atoms with E-state index >= 15 is 0 Å². The van der Waals surface area contributed by atoms with E-state index in [4.69, 9.17) is 9.47 Å². The minimum Gasteiger partial charge on any atom is -0.353 e. The van der Waals surface area contributed by atoms with Gasteiger partial charge in [-0.3, -0.25) is 0 Å². The highest BCUT2D eigenvalue weighted by Gasteiger charge is 2.35. The standard InChI is InChI=1S/C36H51O2P.BrH/c1-3-5-29-37-35(38-30-6-4-2)28-20-9-7-8-10-21-31-39-36(32-22-14-11-15-23-32,33-24-16-12-17-25-33)34-26-18-13-19-27-34;/h11-19,22-27,35,39H,3-10,20-21,28-31H2,1-2H3;1H. The molecule has 3 aromatic carbocycles. The van der Waals surface area contributed by atoms with Crippen LogP contribution in [0.1, 0.15) is 101 Å². The number of rotatable bonds is 21. The Labute approximate surface area is 257 Å². The van der Waals surface area contributed by atoms with Gasteiger partial charge in [0, 0.05) is 13.2 Å². The molecule has 0 amide bonds. The van der Waals surface area contributed by atoms with E-state index in [9.17, 15) is 0 Å². The first kappa shape index (κ1) is 34.7. The maximum atomic E-state index is 6.01. The van der Waals surface area contributed by atoms with Crippen LogP contribution in [0.5, 0.6) is 0 Å². The van der Waals surface area contributed by atoms with Gasteiger partial charge in [-0.15, -0.1) is 25.6 Å². The van der Waals surface area contributed by atoms with E-state index in [1.165, 1.54) is 74.2 Å². The molecule has 0 aliphatic rings. The van der Waals surface area contributed by atoms with Crippen molar-refractivity contribution in [2.45, 2.75) is 95.9 Å². The summed E-state index contributed by atoms with van der Waals surface area (Å²) in [5, 5.41) is -0.0889. The molecule has 4 heteroatoms. The second kappa shape index (κ2) is 21.2. The van der Waals surface area contributed by atoms with Gasteiger partial charge in [0.25, 0.3) is 0 Å². The zero-order valence-corrected chi connectivity index (χ0v) is 27.6. The fourth-order valence-electron chi connectivity index (χ4n) is 5.22. The Kier molecular flexibility index (Phi) is 18.4. The molecule has 2 nitrogen and oxygen atoms in total. The summed E-state index contributed by atoms with van der Waals surface area (Å²) in [7, 11) is 0.801. The third-order valence-electron chi connectivity index (χ3n) is 7.48. The SMILES string of the molecule is Br.CCCCOC(CCCCCCCCPC(c1ccccc1)(c1ccccc1)c1ccccc1)OCCCC. The van der Waals surface area contributed by atoms with E-state index in [1.807, 2.05) is 0 Å². The molecule has 1 unspecified atom stereocenters.